The Labute approximate surface area is 157 Å². The Morgan fingerprint density at radius 2 is 1.69 bits per heavy atom. The highest BCUT2D eigenvalue weighted by Crippen LogP contribution is 2.27. The van der Waals surface area contributed by atoms with Crippen LogP contribution in [0.2, 0.25) is 0 Å². The van der Waals surface area contributed by atoms with E-state index in [4.69, 9.17) is 0 Å². The van der Waals surface area contributed by atoms with Crippen molar-refractivity contribution in [3.05, 3.63) is 11.3 Å². The van der Waals surface area contributed by atoms with Crippen LogP contribution in [-0.2, 0) is 14.4 Å². The van der Waals surface area contributed by atoms with Crippen molar-refractivity contribution in [2.45, 2.75) is 91.1 Å². The SMILES string of the molecule is CC(=O)CCC(C)NC(=O)[C@H](CCCCNC(C)=C1CCC1)NC(C)=O. The second-order valence-corrected chi connectivity index (χ2v) is 7.41. The summed E-state index contributed by atoms with van der Waals surface area (Å²) in [5.41, 5.74) is 2.83. The number of hydrogen-bond donors (Lipinski definition) is 3. The average molecular weight is 366 g/mol. The second kappa shape index (κ2) is 11.7. The minimum atomic E-state index is -0.515. The van der Waals surface area contributed by atoms with E-state index in [1.807, 2.05) is 6.92 Å². The Kier molecular flexibility index (Phi) is 9.99. The third-order valence-electron chi connectivity index (χ3n) is 4.81. The van der Waals surface area contributed by atoms with Crippen LogP contribution in [-0.4, -0.2) is 36.2 Å². The van der Waals surface area contributed by atoms with Crippen LogP contribution in [0.1, 0.15) is 79.1 Å². The highest BCUT2D eigenvalue weighted by molar-refractivity contribution is 5.87. The van der Waals surface area contributed by atoms with E-state index in [1.54, 1.807) is 6.92 Å². The van der Waals surface area contributed by atoms with Crippen molar-refractivity contribution in [2.24, 2.45) is 0 Å². The smallest absolute Gasteiger partial charge is 0.242 e. The molecule has 2 amide bonds. The molecule has 26 heavy (non-hydrogen) atoms. The molecule has 1 unspecified atom stereocenters. The number of rotatable bonds is 12. The molecule has 1 rings (SSSR count). The monoisotopic (exact) mass is 365 g/mol. The lowest BCUT2D eigenvalue weighted by atomic mass is 9.91. The first-order valence-electron chi connectivity index (χ1n) is 9.79. The summed E-state index contributed by atoms with van der Waals surface area (Å²) in [6.45, 7) is 7.87. The summed E-state index contributed by atoms with van der Waals surface area (Å²) in [7, 11) is 0. The fraction of sp³-hybridized carbons (Fsp3) is 0.750. The standard InChI is InChI=1S/C20H35N3O3/c1-14(11-12-15(2)24)22-20(26)19(23-17(4)25)10-5-6-13-21-16(3)18-8-7-9-18/h14,19,21H,5-13H2,1-4H3,(H,22,26)(H,23,25)/t14?,19-/m0/s1. The maximum absolute atomic E-state index is 12.4. The first-order chi connectivity index (χ1) is 12.3. The molecule has 0 heterocycles. The molecular weight excluding hydrogens is 330 g/mol. The predicted molar refractivity (Wildman–Crippen MR) is 104 cm³/mol. The Morgan fingerprint density at radius 3 is 2.23 bits per heavy atom. The lowest BCUT2D eigenvalue weighted by molar-refractivity contribution is -0.128. The molecule has 0 aliphatic heterocycles. The van der Waals surface area contributed by atoms with Gasteiger partial charge >= 0.3 is 0 Å². The molecular formula is C20H35N3O3. The molecule has 1 fully saturated rings. The average Bonchev–Trinajstić information content (AvgIpc) is 2.49. The number of ketones is 1. The predicted octanol–water partition coefficient (Wildman–Crippen LogP) is 2.58. The molecule has 0 radical (unpaired) electrons. The number of allylic oxidation sites excluding steroid dienone is 2. The summed E-state index contributed by atoms with van der Waals surface area (Å²) >= 11 is 0. The highest BCUT2D eigenvalue weighted by atomic mass is 16.2. The quantitative estimate of drug-likeness (QED) is 0.464. The molecule has 6 heteroatoms. The van der Waals surface area contributed by atoms with Crippen molar-refractivity contribution in [3.63, 3.8) is 0 Å². The van der Waals surface area contributed by atoms with Crippen molar-refractivity contribution in [1.82, 2.24) is 16.0 Å². The van der Waals surface area contributed by atoms with Crippen molar-refractivity contribution >= 4 is 17.6 Å². The van der Waals surface area contributed by atoms with Gasteiger partial charge in [0.2, 0.25) is 11.8 Å². The third-order valence-corrected chi connectivity index (χ3v) is 4.81. The summed E-state index contributed by atoms with van der Waals surface area (Å²) in [6.07, 6.45) is 7.22. The van der Waals surface area contributed by atoms with Crippen LogP contribution in [0.15, 0.2) is 11.3 Å². The van der Waals surface area contributed by atoms with Gasteiger partial charge in [-0.05, 0) is 65.7 Å². The maximum atomic E-state index is 12.4. The van der Waals surface area contributed by atoms with Crippen LogP contribution in [0.25, 0.3) is 0 Å². The normalized spacial score (nSPS) is 15.5. The largest absolute Gasteiger partial charge is 0.389 e. The fourth-order valence-electron chi connectivity index (χ4n) is 2.95. The van der Waals surface area contributed by atoms with Gasteiger partial charge in [0, 0.05) is 31.6 Å². The fourth-order valence-corrected chi connectivity index (χ4v) is 2.95. The van der Waals surface area contributed by atoms with Gasteiger partial charge in [0.05, 0.1) is 0 Å². The summed E-state index contributed by atoms with van der Waals surface area (Å²) in [5.74, 6) is -0.258. The second-order valence-electron chi connectivity index (χ2n) is 7.41. The van der Waals surface area contributed by atoms with Crippen molar-refractivity contribution in [3.8, 4) is 0 Å². The topological polar surface area (TPSA) is 87.3 Å². The van der Waals surface area contributed by atoms with Crippen LogP contribution in [0, 0.1) is 0 Å². The molecule has 0 bridgehead atoms. The molecule has 0 saturated heterocycles. The Hall–Kier alpha value is -1.85. The molecule has 2 atom stereocenters. The maximum Gasteiger partial charge on any atom is 0.242 e. The van der Waals surface area contributed by atoms with Gasteiger partial charge in [-0.25, -0.2) is 0 Å². The van der Waals surface area contributed by atoms with Gasteiger partial charge in [0.25, 0.3) is 0 Å². The molecule has 1 saturated carbocycles. The van der Waals surface area contributed by atoms with E-state index in [-0.39, 0.29) is 23.6 Å². The lowest BCUT2D eigenvalue weighted by Gasteiger charge is -2.22. The van der Waals surface area contributed by atoms with Gasteiger partial charge in [0.15, 0.2) is 0 Å². The Bertz CT molecular complexity index is 522. The van der Waals surface area contributed by atoms with E-state index in [0.29, 0.717) is 19.3 Å². The molecule has 6 nitrogen and oxygen atoms in total. The number of carbonyl (C=O) groups is 3. The number of unbranched alkanes of at least 4 members (excludes halogenated alkanes) is 1. The molecule has 148 valence electrons. The van der Waals surface area contributed by atoms with Crippen LogP contribution in [0.5, 0.6) is 0 Å². The van der Waals surface area contributed by atoms with Crippen LogP contribution >= 0.6 is 0 Å². The molecule has 0 aromatic heterocycles. The van der Waals surface area contributed by atoms with E-state index in [1.165, 1.54) is 37.5 Å². The van der Waals surface area contributed by atoms with E-state index in [0.717, 1.165) is 19.4 Å². The number of hydrogen-bond acceptors (Lipinski definition) is 4. The van der Waals surface area contributed by atoms with Gasteiger partial charge in [-0.15, -0.1) is 0 Å². The lowest BCUT2D eigenvalue weighted by Crippen LogP contribution is -2.48. The number of nitrogens with one attached hydrogen (secondary N) is 3. The summed E-state index contributed by atoms with van der Waals surface area (Å²) in [5, 5.41) is 9.09. The van der Waals surface area contributed by atoms with Gasteiger partial charge in [0.1, 0.15) is 11.8 Å². The summed E-state index contributed by atoms with van der Waals surface area (Å²) in [4.78, 5) is 34.9. The van der Waals surface area contributed by atoms with E-state index < -0.39 is 6.04 Å². The molecule has 0 aromatic carbocycles. The van der Waals surface area contributed by atoms with Crippen molar-refractivity contribution < 1.29 is 14.4 Å². The highest BCUT2D eigenvalue weighted by Gasteiger charge is 2.20. The first-order valence-corrected chi connectivity index (χ1v) is 9.79. The molecule has 0 aromatic rings. The van der Waals surface area contributed by atoms with Crippen molar-refractivity contribution in [1.29, 1.82) is 0 Å². The van der Waals surface area contributed by atoms with Crippen LogP contribution in [0.4, 0.5) is 0 Å². The summed E-state index contributed by atoms with van der Waals surface area (Å²) in [6, 6.07) is -0.598. The molecule has 1 aliphatic carbocycles. The number of amides is 2. The van der Waals surface area contributed by atoms with E-state index in [2.05, 4.69) is 22.9 Å². The van der Waals surface area contributed by atoms with E-state index >= 15 is 0 Å². The Morgan fingerprint density at radius 1 is 1.00 bits per heavy atom. The van der Waals surface area contributed by atoms with Crippen LogP contribution < -0.4 is 16.0 Å². The van der Waals surface area contributed by atoms with Crippen LogP contribution in [0.3, 0.4) is 0 Å². The summed E-state index contributed by atoms with van der Waals surface area (Å²) < 4.78 is 0. The zero-order chi connectivity index (χ0) is 19.5. The molecule has 0 spiro atoms. The van der Waals surface area contributed by atoms with E-state index in [9.17, 15) is 14.4 Å². The number of Topliss-reactive ketones (excluding diaryl/α,β-unsaturated/α-hetero) is 1. The Balaban J connectivity index is 2.33. The zero-order valence-corrected chi connectivity index (χ0v) is 16.7. The minimum absolute atomic E-state index is 0.0823. The molecule has 1 aliphatic rings. The zero-order valence-electron chi connectivity index (χ0n) is 16.7. The van der Waals surface area contributed by atoms with Gasteiger partial charge in [-0.2, -0.15) is 0 Å². The van der Waals surface area contributed by atoms with Gasteiger partial charge in [-0.1, -0.05) is 5.57 Å². The van der Waals surface area contributed by atoms with Gasteiger partial charge in [-0.3, -0.25) is 9.59 Å². The van der Waals surface area contributed by atoms with Gasteiger partial charge < -0.3 is 20.7 Å². The molecule has 3 N–H and O–H groups in total. The first kappa shape index (κ1) is 22.2. The van der Waals surface area contributed by atoms with Crippen molar-refractivity contribution in [2.75, 3.05) is 6.54 Å². The number of carbonyl (C=O) groups excluding carboxylic acids is 3. The third kappa shape index (κ3) is 9.02. The minimum Gasteiger partial charge on any atom is -0.389 e.